The molecule has 0 aliphatic carbocycles. The molecule has 0 atom stereocenters. The summed E-state index contributed by atoms with van der Waals surface area (Å²) in [5.41, 5.74) is 1.38. The van der Waals surface area contributed by atoms with Crippen LogP contribution in [0.2, 0.25) is 5.02 Å². The van der Waals surface area contributed by atoms with Crippen LogP contribution in [0.5, 0.6) is 5.75 Å². The van der Waals surface area contributed by atoms with Crippen LogP contribution in [-0.2, 0) is 39.3 Å². The van der Waals surface area contributed by atoms with Crippen LogP contribution in [0.4, 0.5) is 0 Å². The third-order valence-electron chi connectivity index (χ3n) is 2.88. The first-order valence-corrected chi connectivity index (χ1v) is 7.49. The van der Waals surface area contributed by atoms with Crippen LogP contribution in [0.15, 0.2) is 33.5 Å². The fourth-order valence-corrected chi connectivity index (χ4v) is 2.67. The molecule has 0 unspecified atom stereocenters. The van der Waals surface area contributed by atoms with Crippen molar-refractivity contribution in [2.24, 2.45) is 0 Å². The van der Waals surface area contributed by atoms with Crippen molar-refractivity contribution in [3.63, 3.8) is 0 Å². The van der Waals surface area contributed by atoms with E-state index in [1.165, 1.54) is 6.07 Å². The largest absolute Gasteiger partial charge is 0.494 e. The third kappa shape index (κ3) is 4.19. The van der Waals surface area contributed by atoms with Gasteiger partial charge in [0.2, 0.25) is 5.56 Å². The Morgan fingerprint density at radius 2 is 2.10 bits per heavy atom. The molecule has 2 aromatic rings. The average Bonchev–Trinajstić information content (AvgIpc) is 2.43. The first-order chi connectivity index (χ1) is 9.58. The zero-order valence-corrected chi connectivity index (χ0v) is 17.0. The van der Waals surface area contributed by atoms with Crippen molar-refractivity contribution in [2.75, 3.05) is 6.61 Å². The van der Waals surface area contributed by atoms with E-state index in [4.69, 9.17) is 16.3 Å². The number of rotatable bonds is 4. The van der Waals surface area contributed by atoms with Gasteiger partial charge in [-0.1, -0.05) is 27.2 Å². The number of aromatic nitrogens is 1. The van der Waals surface area contributed by atoms with Crippen LogP contribution in [0.1, 0.15) is 13.8 Å². The van der Waals surface area contributed by atoms with E-state index in [9.17, 15) is 4.79 Å². The maximum absolute atomic E-state index is 12.0. The van der Waals surface area contributed by atoms with Crippen molar-refractivity contribution in [1.29, 1.82) is 0 Å². The van der Waals surface area contributed by atoms with Crippen molar-refractivity contribution in [2.45, 2.75) is 20.4 Å². The number of halogens is 2. The van der Waals surface area contributed by atoms with Crippen molar-refractivity contribution in [1.82, 2.24) is 4.57 Å². The van der Waals surface area contributed by atoms with Crippen LogP contribution in [0.25, 0.3) is 11.3 Å². The Labute approximate surface area is 162 Å². The zero-order valence-electron chi connectivity index (χ0n) is 11.8. The Hall–Kier alpha value is -0.156. The quantitative estimate of drug-likeness (QED) is 0.664. The minimum atomic E-state index is -0.205. The third-order valence-corrected chi connectivity index (χ3v) is 3.80. The van der Waals surface area contributed by atoms with Gasteiger partial charge in [0.15, 0.2) is 0 Å². The van der Waals surface area contributed by atoms with Crippen LogP contribution >= 0.6 is 27.5 Å². The van der Waals surface area contributed by atoms with E-state index >= 15 is 0 Å². The predicted molar refractivity (Wildman–Crippen MR) is 84.5 cm³/mol. The first-order valence-electron chi connectivity index (χ1n) is 6.32. The summed E-state index contributed by atoms with van der Waals surface area (Å²) in [6.07, 6.45) is 0. The molecular weight excluding hydrogens is 430 g/mol. The molecule has 2 rings (SSSR count). The van der Waals surface area contributed by atoms with Crippen LogP contribution in [0, 0.1) is 6.07 Å². The molecule has 0 bridgehead atoms. The van der Waals surface area contributed by atoms with E-state index in [1.807, 2.05) is 32.0 Å². The molecule has 6 heteroatoms. The van der Waals surface area contributed by atoms with Crippen molar-refractivity contribution < 1.29 is 37.4 Å². The Balaban J connectivity index is 0.00000220. The Morgan fingerprint density at radius 3 is 2.67 bits per heavy atom. The van der Waals surface area contributed by atoms with E-state index in [-0.39, 0.29) is 43.3 Å². The monoisotopic (exact) mass is 443 g/mol. The van der Waals surface area contributed by atoms with E-state index in [0.29, 0.717) is 18.8 Å². The minimum Gasteiger partial charge on any atom is -0.494 e. The Morgan fingerprint density at radius 1 is 1.38 bits per heavy atom. The predicted octanol–water partition coefficient (Wildman–Crippen LogP) is 4.15. The number of benzene rings is 1. The van der Waals surface area contributed by atoms with E-state index in [0.717, 1.165) is 15.8 Å². The van der Waals surface area contributed by atoms with Crippen LogP contribution in [-0.4, -0.2) is 11.2 Å². The standard InChI is InChI=1S/C15H14BrClNO2.Y/c1-3-18-14(8-7-13(17)15(18)19)11-6-5-10(20-4-2)9-12(11)16;/h5-7,9H,3-4H2,1-2H3;/q-1;. The fourth-order valence-electron chi connectivity index (χ4n) is 1.97. The molecule has 109 valence electrons. The number of pyridine rings is 1. The number of hydrogen-bond donors (Lipinski definition) is 0. The summed E-state index contributed by atoms with van der Waals surface area (Å²) in [5.74, 6) is 0.780. The van der Waals surface area contributed by atoms with Gasteiger partial charge in [-0.05, 0) is 30.5 Å². The molecule has 0 aliphatic heterocycles. The van der Waals surface area contributed by atoms with Crippen molar-refractivity contribution in [3.05, 3.63) is 50.2 Å². The van der Waals surface area contributed by atoms with Gasteiger partial charge < -0.3 is 9.30 Å². The molecule has 1 radical (unpaired) electrons. The summed E-state index contributed by atoms with van der Waals surface area (Å²) in [6, 6.07) is 10.2. The summed E-state index contributed by atoms with van der Waals surface area (Å²) >= 11 is 9.37. The molecule has 0 spiro atoms. The molecule has 21 heavy (non-hydrogen) atoms. The van der Waals surface area contributed by atoms with Gasteiger partial charge in [0, 0.05) is 44.3 Å². The number of nitrogens with zero attached hydrogens (tertiary/aromatic N) is 1. The molecule has 3 nitrogen and oxygen atoms in total. The van der Waals surface area contributed by atoms with Gasteiger partial charge in [-0.25, -0.2) is 0 Å². The fraction of sp³-hybridized carbons (Fsp3) is 0.267. The second kappa shape index (κ2) is 8.47. The molecule has 0 N–H and O–H groups in total. The molecule has 0 fully saturated rings. The van der Waals surface area contributed by atoms with Crippen molar-refractivity contribution >= 4 is 27.5 Å². The van der Waals surface area contributed by atoms with Gasteiger partial charge >= 0.3 is 0 Å². The minimum absolute atomic E-state index is 0. The second-order valence-corrected chi connectivity index (χ2v) is 5.37. The van der Waals surface area contributed by atoms with Crippen LogP contribution < -0.4 is 10.3 Å². The van der Waals surface area contributed by atoms with E-state index in [1.54, 1.807) is 4.57 Å². The van der Waals surface area contributed by atoms with Gasteiger partial charge in [0.05, 0.1) is 6.61 Å². The summed E-state index contributed by atoms with van der Waals surface area (Å²) in [4.78, 5) is 12.0. The Kier molecular flexibility index (Phi) is 7.62. The smallest absolute Gasteiger partial charge is 0.212 e. The van der Waals surface area contributed by atoms with Gasteiger partial charge in [-0.15, -0.1) is 6.07 Å². The average molecular weight is 445 g/mol. The molecule has 0 saturated carbocycles. The normalized spacial score (nSPS) is 10.1. The van der Waals surface area contributed by atoms with Gasteiger partial charge in [-0.3, -0.25) is 4.79 Å². The van der Waals surface area contributed by atoms with Crippen LogP contribution in [0.3, 0.4) is 0 Å². The molecule has 1 heterocycles. The van der Waals surface area contributed by atoms with Gasteiger partial charge in [0.1, 0.15) is 5.75 Å². The molecule has 1 aromatic heterocycles. The second-order valence-electron chi connectivity index (χ2n) is 4.11. The van der Waals surface area contributed by atoms with Gasteiger partial charge in [-0.2, -0.15) is 23.7 Å². The maximum atomic E-state index is 12.0. The van der Waals surface area contributed by atoms with Crippen molar-refractivity contribution in [3.8, 4) is 17.0 Å². The van der Waals surface area contributed by atoms with Gasteiger partial charge in [0.25, 0.3) is 0 Å². The topological polar surface area (TPSA) is 31.2 Å². The molecule has 1 aromatic carbocycles. The molecular formula is C15H14BrClNO2Y-. The van der Waals surface area contributed by atoms with E-state index < -0.39 is 0 Å². The maximum Gasteiger partial charge on any atom is 0.212 e. The van der Waals surface area contributed by atoms with E-state index in [2.05, 4.69) is 22.0 Å². The number of ether oxygens (including phenoxy) is 1. The molecule has 0 saturated heterocycles. The molecule has 0 aliphatic rings. The zero-order chi connectivity index (χ0) is 14.7. The molecule has 0 amide bonds. The summed E-state index contributed by atoms with van der Waals surface area (Å²) < 4.78 is 7.90. The summed E-state index contributed by atoms with van der Waals surface area (Å²) in [5, 5.41) is 0.178. The Bertz CT molecular complexity index is 688. The summed E-state index contributed by atoms with van der Waals surface area (Å²) in [7, 11) is 0. The first kappa shape index (κ1) is 18.9. The number of hydrogen-bond acceptors (Lipinski definition) is 2. The SMILES string of the molecule is CCOc1ccc(-c2[c-]cc(Cl)c(=O)n2CC)c(Br)c1.[Y]. The summed E-state index contributed by atoms with van der Waals surface area (Å²) in [6.45, 7) is 4.98.